The Morgan fingerprint density at radius 3 is 2.52 bits per heavy atom. The van der Waals surface area contributed by atoms with Crippen LogP contribution >= 0.6 is 0 Å². The highest BCUT2D eigenvalue weighted by Gasteiger charge is 2.21. The Hall–Kier alpha value is -1.80. The molecule has 7 nitrogen and oxygen atoms in total. The monoisotopic (exact) mass is 370 g/mol. The normalized spacial score (nSPS) is 12.8. The van der Waals surface area contributed by atoms with Crippen molar-refractivity contribution in [1.29, 1.82) is 0 Å². The number of nitrogens with zero attached hydrogens (tertiary/aromatic N) is 1. The zero-order valence-electron chi connectivity index (χ0n) is 15.7. The fourth-order valence-corrected chi connectivity index (χ4v) is 3.45. The van der Waals surface area contributed by atoms with Crippen LogP contribution in [0.1, 0.15) is 26.3 Å². The Morgan fingerprint density at radius 2 is 1.92 bits per heavy atom. The topological polar surface area (TPSA) is 91.8 Å². The van der Waals surface area contributed by atoms with Crippen molar-refractivity contribution in [1.82, 2.24) is 15.4 Å². The maximum Gasteiger partial charge on any atom is 0.209 e. The van der Waals surface area contributed by atoms with E-state index in [1.54, 1.807) is 21.0 Å². The maximum atomic E-state index is 11.4. The third-order valence-electron chi connectivity index (χ3n) is 3.32. The third-order valence-corrected chi connectivity index (χ3v) is 4.24. The molecule has 1 aromatic carbocycles. The number of guanidine groups is 1. The molecule has 1 rings (SSSR count). The average molecular weight is 371 g/mol. The maximum absolute atomic E-state index is 11.4. The highest BCUT2D eigenvalue weighted by molar-refractivity contribution is 7.88. The SMILES string of the molecule is CCNC(=NCC(C)(C)NS(C)(=O)=O)NCCc1ccccc1OC. The molecule has 0 bridgehead atoms. The van der Waals surface area contributed by atoms with E-state index in [1.165, 1.54) is 0 Å². The molecule has 0 unspecified atom stereocenters. The minimum Gasteiger partial charge on any atom is -0.496 e. The van der Waals surface area contributed by atoms with Crippen LogP contribution in [0.5, 0.6) is 5.75 Å². The highest BCUT2D eigenvalue weighted by Crippen LogP contribution is 2.17. The second-order valence-electron chi connectivity index (χ2n) is 6.44. The van der Waals surface area contributed by atoms with Crippen molar-refractivity contribution in [3.05, 3.63) is 29.8 Å². The van der Waals surface area contributed by atoms with E-state index in [4.69, 9.17) is 4.74 Å². The summed E-state index contributed by atoms with van der Waals surface area (Å²) in [6, 6.07) is 7.90. The summed E-state index contributed by atoms with van der Waals surface area (Å²) >= 11 is 0. The van der Waals surface area contributed by atoms with Crippen molar-refractivity contribution >= 4 is 16.0 Å². The molecule has 0 radical (unpaired) electrons. The van der Waals surface area contributed by atoms with Crippen molar-refractivity contribution in [3.63, 3.8) is 0 Å². The zero-order chi connectivity index (χ0) is 18.9. The molecular formula is C17H30N4O3S. The third kappa shape index (κ3) is 8.74. The quantitative estimate of drug-likeness (QED) is 0.448. The van der Waals surface area contributed by atoms with Gasteiger partial charge in [0.1, 0.15) is 5.75 Å². The lowest BCUT2D eigenvalue weighted by atomic mass is 10.1. The van der Waals surface area contributed by atoms with Crippen LogP contribution in [0.25, 0.3) is 0 Å². The molecule has 3 N–H and O–H groups in total. The summed E-state index contributed by atoms with van der Waals surface area (Å²) in [5.41, 5.74) is 0.464. The number of rotatable bonds is 9. The summed E-state index contributed by atoms with van der Waals surface area (Å²) in [5.74, 6) is 1.52. The van der Waals surface area contributed by atoms with Gasteiger partial charge in [-0.15, -0.1) is 0 Å². The van der Waals surface area contributed by atoms with Gasteiger partial charge in [-0.25, -0.2) is 13.1 Å². The van der Waals surface area contributed by atoms with Crippen LogP contribution in [0.3, 0.4) is 0 Å². The Bertz CT molecular complexity index is 672. The van der Waals surface area contributed by atoms with Gasteiger partial charge in [0, 0.05) is 18.6 Å². The van der Waals surface area contributed by atoms with E-state index in [0.717, 1.165) is 30.5 Å². The van der Waals surface area contributed by atoms with Crippen LogP contribution in [0.2, 0.25) is 0 Å². The molecule has 8 heteroatoms. The number of para-hydroxylation sites is 1. The molecule has 0 amide bonds. The number of hydrogen-bond donors (Lipinski definition) is 3. The molecule has 142 valence electrons. The van der Waals surface area contributed by atoms with E-state index in [2.05, 4.69) is 20.3 Å². The highest BCUT2D eigenvalue weighted by atomic mass is 32.2. The number of nitrogens with one attached hydrogen (secondary N) is 3. The number of hydrogen-bond acceptors (Lipinski definition) is 4. The lowest BCUT2D eigenvalue weighted by Gasteiger charge is -2.23. The van der Waals surface area contributed by atoms with Crippen LogP contribution in [-0.2, 0) is 16.4 Å². The van der Waals surface area contributed by atoms with Gasteiger partial charge in [-0.2, -0.15) is 0 Å². The molecule has 0 saturated heterocycles. The van der Waals surface area contributed by atoms with Gasteiger partial charge in [-0.05, 0) is 38.8 Å². The molecule has 0 spiro atoms. The molecule has 0 heterocycles. The number of methoxy groups -OCH3 is 1. The van der Waals surface area contributed by atoms with Crippen LogP contribution < -0.4 is 20.1 Å². The van der Waals surface area contributed by atoms with E-state index in [0.29, 0.717) is 19.0 Å². The first-order valence-electron chi connectivity index (χ1n) is 8.30. The van der Waals surface area contributed by atoms with E-state index in [9.17, 15) is 8.42 Å². The minimum absolute atomic E-state index is 0.323. The minimum atomic E-state index is -3.28. The van der Waals surface area contributed by atoms with Crippen LogP contribution in [0.4, 0.5) is 0 Å². The molecule has 0 fully saturated rings. The molecule has 0 saturated carbocycles. The fraction of sp³-hybridized carbons (Fsp3) is 0.588. The second-order valence-corrected chi connectivity index (χ2v) is 8.19. The summed E-state index contributed by atoms with van der Waals surface area (Å²) in [6.07, 6.45) is 1.94. The largest absolute Gasteiger partial charge is 0.496 e. The lowest BCUT2D eigenvalue weighted by Crippen LogP contribution is -2.47. The number of sulfonamides is 1. The van der Waals surface area contributed by atoms with Gasteiger partial charge >= 0.3 is 0 Å². The van der Waals surface area contributed by atoms with E-state index in [-0.39, 0.29) is 0 Å². The van der Waals surface area contributed by atoms with Crippen molar-refractivity contribution in [3.8, 4) is 5.75 Å². The van der Waals surface area contributed by atoms with E-state index < -0.39 is 15.6 Å². The standard InChI is InChI=1S/C17H30N4O3S/c1-6-18-16(20-13-17(2,3)21-25(5,22)23)19-12-11-14-9-7-8-10-15(14)24-4/h7-10,21H,6,11-13H2,1-5H3,(H2,18,19,20). The van der Waals surface area contributed by atoms with Crippen LogP contribution in [0, 0.1) is 0 Å². The summed E-state index contributed by atoms with van der Waals surface area (Å²) in [6.45, 7) is 7.32. The molecule has 25 heavy (non-hydrogen) atoms. The van der Waals surface area contributed by atoms with Gasteiger partial charge in [0.05, 0.1) is 19.9 Å². The van der Waals surface area contributed by atoms with Gasteiger partial charge < -0.3 is 15.4 Å². The van der Waals surface area contributed by atoms with Gasteiger partial charge in [0.25, 0.3) is 0 Å². The van der Waals surface area contributed by atoms with Crippen molar-refractivity contribution in [2.75, 3.05) is 33.0 Å². The predicted octanol–water partition coefficient (Wildman–Crippen LogP) is 1.12. The second kappa shape index (κ2) is 9.62. The summed E-state index contributed by atoms with van der Waals surface area (Å²) < 4.78 is 30.7. The van der Waals surface area contributed by atoms with Crippen molar-refractivity contribution < 1.29 is 13.2 Å². The Morgan fingerprint density at radius 1 is 1.24 bits per heavy atom. The molecule has 0 aliphatic rings. The summed E-state index contributed by atoms with van der Waals surface area (Å²) in [5, 5.41) is 6.43. The van der Waals surface area contributed by atoms with Gasteiger partial charge in [0.2, 0.25) is 10.0 Å². The molecular weight excluding hydrogens is 340 g/mol. The molecule has 0 aliphatic carbocycles. The Labute approximate surface area is 151 Å². The molecule has 1 aromatic rings. The first kappa shape index (κ1) is 21.2. The molecule has 0 aliphatic heterocycles. The fourth-order valence-electron chi connectivity index (χ4n) is 2.38. The van der Waals surface area contributed by atoms with Gasteiger partial charge in [0.15, 0.2) is 5.96 Å². The molecule has 0 aromatic heterocycles. The Kier molecular flexibility index (Phi) is 8.18. The number of aliphatic imine (C=N–C) groups is 1. The summed E-state index contributed by atoms with van der Waals surface area (Å²) in [4.78, 5) is 4.48. The van der Waals surface area contributed by atoms with Crippen LogP contribution in [0.15, 0.2) is 29.3 Å². The first-order chi connectivity index (χ1) is 11.7. The smallest absolute Gasteiger partial charge is 0.209 e. The number of benzene rings is 1. The van der Waals surface area contributed by atoms with Gasteiger partial charge in [-0.1, -0.05) is 18.2 Å². The predicted molar refractivity (Wildman–Crippen MR) is 103 cm³/mol. The number of ether oxygens (including phenoxy) is 1. The van der Waals surface area contributed by atoms with E-state index in [1.807, 2.05) is 31.2 Å². The van der Waals surface area contributed by atoms with Crippen molar-refractivity contribution in [2.45, 2.75) is 32.7 Å². The average Bonchev–Trinajstić information content (AvgIpc) is 2.51. The Balaban J connectivity index is 2.64. The summed E-state index contributed by atoms with van der Waals surface area (Å²) in [7, 11) is -1.62. The van der Waals surface area contributed by atoms with E-state index >= 15 is 0 Å². The van der Waals surface area contributed by atoms with Gasteiger partial charge in [-0.3, -0.25) is 4.99 Å². The van der Waals surface area contributed by atoms with Crippen molar-refractivity contribution in [2.24, 2.45) is 4.99 Å². The first-order valence-corrected chi connectivity index (χ1v) is 10.2. The lowest BCUT2D eigenvalue weighted by molar-refractivity contribution is 0.409. The molecule has 0 atom stereocenters. The zero-order valence-corrected chi connectivity index (χ0v) is 16.5. The van der Waals surface area contributed by atoms with Crippen LogP contribution in [-0.4, -0.2) is 52.9 Å².